The molecule has 1 atom stereocenters. The number of aryl methyl sites for hydroxylation is 2. The van der Waals surface area contributed by atoms with E-state index < -0.39 is 0 Å². The monoisotopic (exact) mass is 535 g/mol. The van der Waals surface area contributed by atoms with Gasteiger partial charge in [0.25, 0.3) is 0 Å². The maximum absolute atomic E-state index is 13.0. The standard InChI is InChI=1S/C29H34BrN3O2/c1-5-19(14-18(2)3)15-26-29(33-27(34)16-20-6-9-22(30)10-7-20)32-25-13-8-21-17-23(35-4)11-12-24(21)28(25)31-26/h6-7,9-12,17-19H,5,8,13-16H2,1-4H3,(H,32,33,34). The summed E-state index contributed by atoms with van der Waals surface area (Å²) in [7, 11) is 1.69. The van der Waals surface area contributed by atoms with Gasteiger partial charge in [-0.05, 0) is 79.0 Å². The first-order chi connectivity index (χ1) is 16.9. The van der Waals surface area contributed by atoms with Gasteiger partial charge in [0.1, 0.15) is 5.75 Å². The molecule has 1 unspecified atom stereocenters. The molecule has 4 rings (SSSR count). The Morgan fingerprint density at radius 1 is 1.11 bits per heavy atom. The molecule has 1 N–H and O–H groups in total. The van der Waals surface area contributed by atoms with Crippen LogP contribution in [-0.2, 0) is 30.5 Å². The van der Waals surface area contributed by atoms with Gasteiger partial charge in [-0.15, -0.1) is 0 Å². The lowest BCUT2D eigenvalue weighted by atomic mass is 9.89. The number of rotatable bonds is 9. The zero-order valence-corrected chi connectivity index (χ0v) is 22.6. The highest BCUT2D eigenvalue weighted by atomic mass is 79.9. The van der Waals surface area contributed by atoms with E-state index in [2.05, 4.69) is 54.2 Å². The third-order valence-electron chi connectivity index (χ3n) is 6.64. The molecule has 1 aliphatic carbocycles. The van der Waals surface area contributed by atoms with E-state index in [1.54, 1.807) is 7.11 Å². The van der Waals surface area contributed by atoms with Crippen molar-refractivity contribution in [1.29, 1.82) is 0 Å². The summed E-state index contributed by atoms with van der Waals surface area (Å²) in [6.07, 6.45) is 4.96. The fraction of sp³-hybridized carbons (Fsp3) is 0.414. The zero-order chi connectivity index (χ0) is 24.9. The van der Waals surface area contributed by atoms with Crippen LogP contribution < -0.4 is 10.1 Å². The van der Waals surface area contributed by atoms with E-state index in [-0.39, 0.29) is 5.91 Å². The Morgan fingerprint density at radius 3 is 2.57 bits per heavy atom. The average Bonchev–Trinajstić information content (AvgIpc) is 2.84. The van der Waals surface area contributed by atoms with E-state index in [0.717, 1.165) is 70.5 Å². The number of carbonyl (C=O) groups is 1. The number of carbonyl (C=O) groups excluding carboxylic acids is 1. The van der Waals surface area contributed by atoms with Gasteiger partial charge in [0.15, 0.2) is 5.82 Å². The maximum atomic E-state index is 13.0. The summed E-state index contributed by atoms with van der Waals surface area (Å²) in [4.78, 5) is 23.1. The molecule has 1 aliphatic rings. The topological polar surface area (TPSA) is 64.1 Å². The normalized spacial score (nSPS) is 13.2. The fourth-order valence-corrected chi connectivity index (χ4v) is 5.09. The SMILES string of the molecule is CCC(Cc1nc2c(nc1NC(=O)Cc1ccc(Br)cc1)CCc1cc(OC)ccc1-2)CC(C)C. The van der Waals surface area contributed by atoms with Crippen molar-refractivity contribution in [2.75, 3.05) is 12.4 Å². The molecule has 0 saturated carbocycles. The predicted octanol–water partition coefficient (Wildman–Crippen LogP) is 6.81. The Kier molecular flexibility index (Phi) is 8.22. The molecule has 1 heterocycles. The van der Waals surface area contributed by atoms with Gasteiger partial charge >= 0.3 is 0 Å². The highest BCUT2D eigenvalue weighted by molar-refractivity contribution is 9.10. The Labute approximate surface area is 216 Å². The number of hydrogen-bond acceptors (Lipinski definition) is 4. The molecule has 35 heavy (non-hydrogen) atoms. The van der Waals surface area contributed by atoms with Crippen LogP contribution in [-0.4, -0.2) is 23.0 Å². The second-order valence-electron chi connectivity index (χ2n) is 9.80. The predicted molar refractivity (Wildman–Crippen MR) is 145 cm³/mol. The second kappa shape index (κ2) is 11.3. The first-order valence-corrected chi connectivity index (χ1v) is 13.3. The number of nitrogens with one attached hydrogen (secondary N) is 1. The van der Waals surface area contributed by atoms with Crippen LogP contribution in [0.4, 0.5) is 5.82 Å². The van der Waals surface area contributed by atoms with Gasteiger partial charge < -0.3 is 10.1 Å². The van der Waals surface area contributed by atoms with Crippen molar-refractivity contribution in [3.05, 3.63) is 69.5 Å². The molecule has 6 heteroatoms. The van der Waals surface area contributed by atoms with Crippen LogP contribution in [0.1, 0.15) is 56.1 Å². The summed E-state index contributed by atoms with van der Waals surface area (Å²) in [6, 6.07) is 14.0. The van der Waals surface area contributed by atoms with Gasteiger partial charge in [-0.3, -0.25) is 4.79 Å². The lowest BCUT2D eigenvalue weighted by Gasteiger charge is -2.23. The van der Waals surface area contributed by atoms with Crippen LogP contribution in [0.5, 0.6) is 5.75 Å². The molecule has 0 saturated heterocycles. The van der Waals surface area contributed by atoms with E-state index in [4.69, 9.17) is 14.7 Å². The lowest BCUT2D eigenvalue weighted by Crippen LogP contribution is -2.21. The quantitative estimate of drug-likeness (QED) is 0.326. The number of nitrogens with zero attached hydrogens (tertiary/aromatic N) is 2. The molecule has 184 valence electrons. The van der Waals surface area contributed by atoms with E-state index >= 15 is 0 Å². The number of aromatic nitrogens is 2. The van der Waals surface area contributed by atoms with Crippen molar-refractivity contribution >= 4 is 27.7 Å². The van der Waals surface area contributed by atoms with Crippen LogP contribution in [0.25, 0.3) is 11.3 Å². The zero-order valence-electron chi connectivity index (χ0n) is 21.0. The summed E-state index contributed by atoms with van der Waals surface area (Å²) in [6.45, 7) is 6.74. The summed E-state index contributed by atoms with van der Waals surface area (Å²) in [5, 5.41) is 3.10. The van der Waals surface area contributed by atoms with Gasteiger partial charge in [-0.1, -0.05) is 55.3 Å². The molecule has 0 radical (unpaired) electrons. The number of halogens is 1. The highest BCUT2D eigenvalue weighted by Gasteiger charge is 2.24. The van der Waals surface area contributed by atoms with E-state index in [1.807, 2.05) is 30.3 Å². The number of hydrogen-bond donors (Lipinski definition) is 1. The Balaban J connectivity index is 1.67. The van der Waals surface area contributed by atoms with Crippen molar-refractivity contribution in [2.45, 2.75) is 59.3 Å². The third kappa shape index (κ3) is 6.29. The summed E-state index contributed by atoms with van der Waals surface area (Å²) < 4.78 is 6.43. The largest absolute Gasteiger partial charge is 0.497 e. The number of fused-ring (bicyclic) bond motifs is 3. The van der Waals surface area contributed by atoms with Gasteiger partial charge in [0.05, 0.1) is 30.6 Å². The molecule has 3 aromatic rings. The molecular weight excluding hydrogens is 502 g/mol. The molecule has 1 amide bonds. The minimum Gasteiger partial charge on any atom is -0.497 e. The Hall–Kier alpha value is -2.73. The maximum Gasteiger partial charge on any atom is 0.229 e. The van der Waals surface area contributed by atoms with Gasteiger partial charge in [0, 0.05) is 10.0 Å². The average molecular weight is 537 g/mol. The molecule has 2 aromatic carbocycles. The van der Waals surface area contributed by atoms with Gasteiger partial charge in [-0.25, -0.2) is 9.97 Å². The Bertz CT molecular complexity index is 1190. The summed E-state index contributed by atoms with van der Waals surface area (Å²) in [5.41, 5.74) is 6.08. The van der Waals surface area contributed by atoms with Crippen molar-refractivity contribution in [2.24, 2.45) is 11.8 Å². The molecule has 0 fully saturated rings. The smallest absolute Gasteiger partial charge is 0.229 e. The molecule has 5 nitrogen and oxygen atoms in total. The van der Waals surface area contributed by atoms with Crippen LogP contribution in [0.2, 0.25) is 0 Å². The summed E-state index contributed by atoms with van der Waals surface area (Å²) >= 11 is 3.45. The van der Waals surface area contributed by atoms with Crippen LogP contribution >= 0.6 is 15.9 Å². The van der Waals surface area contributed by atoms with Crippen LogP contribution in [0.3, 0.4) is 0 Å². The molecule has 0 aliphatic heterocycles. The van der Waals surface area contributed by atoms with Crippen molar-refractivity contribution in [3.8, 4) is 17.0 Å². The molecule has 1 aromatic heterocycles. The third-order valence-corrected chi connectivity index (χ3v) is 7.17. The van der Waals surface area contributed by atoms with E-state index in [0.29, 0.717) is 24.1 Å². The van der Waals surface area contributed by atoms with Crippen molar-refractivity contribution in [1.82, 2.24) is 9.97 Å². The van der Waals surface area contributed by atoms with Crippen molar-refractivity contribution < 1.29 is 9.53 Å². The fourth-order valence-electron chi connectivity index (χ4n) is 4.82. The first kappa shape index (κ1) is 25.4. The van der Waals surface area contributed by atoms with Gasteiger partial charge in [-0.2, -0.15) is 0 Å². The number of amides is 1. The summed E-state index contributed by atoms with van der Waals surface area (Å²) in [5.74, 6) is 2.50. The first-order valence-electron chi connectivity index (χ1n) is 12.5. The number of benzene rings is 2. The Morgan fingerprint density at radius 2 is 1.89 bits per heavy atom. The number of ether oxygens (including phenoxy) is 1. The van der Waals surface area contributed by atoms with E-state index in [9.17, 15) is 4.79 Å². The highest BCUT2D eigenvalue weighted by Crippen LogP contribution is 2.35. The van der Waals surface area contributed by atoms with Crippen LogP contribution in [0.15, 0.2) is 46.9 Å². The number of anilines is 1. The molecule has 0 spiro atoms. The molecule has 0 bridgehead atoms. The lowest BCUT2D eigenvalue weighted by molar-refractivity contribution is -0.115. The van der Waals surface area contributed by atoms with Crippen molar-refractivity contribution in [3.63, 3.8) is 0 Å². The van der Waals surface area contributed by atoms with E-state index in [1.165, 1.54) is 5.56 Å². The van der Waals surface area contributed by atoms with Crippen LogP contribution in [0, 0.1) is 11.8 Å². The minimum atomic E-state index is -0.0688. The molecular formula is C29H34BrN3O2. The minimum absolute atomic E-state index is 0.0688. The second-order valence-corrected chi connectivity index (χ2v) is 10.7. The number of methoxy groups -OCH3 is 1. The van der Waals surface area contributed by atoms with Gasteiger partial charge in [0.2, 0.25) is 5.91 Å².